The molecule has 0 bridgehead atoms. The molecule has 0 fully saturated rings. The summed E-state index contributed by atoms with van der Waals surface area (Å²) in [5.41, 5.74) is 0. The molecule has 0 saturated heterocycles. The fourth-order valence-electron chi connectivity index (χ4n) is 1.24. The topological polar surface area (TPSA) is 41.1 Å². The van der Waals surface area contributed by atoms with E-state index in [-0.39, 0.29) is 6.03 Å². The molecule has 0 aromatic carbocycles. The molecular weight excluding hydrogens is 176 g/mol. The highest BCUT2D eigenvalue weighted by Crippen LogP contribution is 2.03. The van der Waals surface area contributed by atoms with Crippen molar-refractivity contribution < 1.29 is 4.79 Å². The van der Waals surface area contributed by atoms with Crippen LogP contribution in [-0.2, 0) is 0 Å². The molecule has 2 N–H and O–H groups in total. The standard InChI is InChI=1S/C9H20N2O.C2H6/c1-4-6-8(7-5-2)11-9(12)10-3;1-2/h8H,4-7H2,1-3H3,(H2,10,11,12);1-2H3. The number of hydrogen-bond acceptors (Lipinski definition) is 1. The lowest BCUT2D eigenvalue weighted by Crippen LogP contribution is -2.40. The fraction of sp³-hybridized carbons (Fsp3) is 0.909. The van der Waals surface area contributed by atoms with E-state index >= 15 is 0 Å². The number of rotatable bonds is 5. The lowest BCUT2D eigenvalue weighted by molar-refractivity contribution is 0.237. The van der Waals surface area contributed by atoms with Crippen molar-refractivity contribution in [3.05, 3.63) is 0 Å². The minimum absolute atomic E-state index is 0.0677. The molecule has 0 aromatic rings. The summed E-state index contributed by atoms with van der Waals surface area (Å²) >= 11 is 0. The Labute approximate surface area is 88.7 Å². The Morgan fingerprint density at radius 3 is 1.86 bits per heavy atom. The number of amides is 2. The predicted molar refractivity (Wildman–Crippen MR) is 62.5 cm³/mol. The van der Waals surface area contributed by atoms with Crippen molar-refractivity contribution in [1.29, 1.82) is 0 Å². The Hall–Kier alpha value is -0.730. The van der Waals surface area contributed by atoms with Crippen molar-refractivity contribution in [3.63, 3.8) is 0 Å². The van der Waals surface area contributed by atoms with E-state index < -0.39 is 0 Å². The van der Waals surface area contributed by atoms with Crippen LogP contribution in [0.4, 0.5) is 4.79 Å². The molecule has 0 aliphatic rings. The Kier molecular flexibility index (Phi) is 13.8. The van der Waals surface area contributed by atoms with E-state index in [4.69, 9.17) is 0 Å². The van der Waals surface area contributed by atoms with Crippen molar-refractivity contribution in [2.75, 3.05) is 7.05 Å². The van der Waals surface area contributed by atoms with Crippen LogP contribution in [0.15, 0.2) is 0 Å². The molecule has 3 nitrogen and oxygen atoms in total. The summed E-state index contributed by atoms with van der Waals surface area (Å²) in [7, 11) is 1.64. The molecular formula is C11H26N2O. The smallest absolute Gasteiger partial charge is 0.314 e. The van der Waals surface area contributed by atoms with Gasteiger partial charge in [0.25, 0.3) is 0 Å². The van der Waals surface area contributed by atoms with Crippen molar-refractivity contribution in [1.82, 2.24) is 10.6 Å². The average molecular weight is 202 g/mol. The van der Waals surface area contributed by atoms with E-state index in [9.17, 15) is 4.79 Å². The second-order valence-corrected chi connectivity index (χ2v) is 3.00. The number of urea groups is 1. The third-order valence-corrected chi connectivity index (χ3v) is 1.84. The van der Waals surface area contributed by atoms with Gasteiger partial charge in [-0.1, -0.05) is 40.5 Å². The van der Waals surface area contributed by atoms with Crippen LogP contribution in [0, 0.1) is 0 Å². The normalized spacial score (nSPS) is 9.00. The third kappa shape index (κ3) is 9.36. The molecule has 0 unspecified atom stereocenters. The van der Waals surface area contributed by atoms with E-state index in [2.05, 4.69) is 24.5 Å². The fourth-order valence-corrected chi connectivity index (χ4v) is 1.24. The Morgan fingerprint density at radius 2 is 1.57 bits per heavy atom. The molecule has 2 amide bonds. The molecule has 0 saturated carbocycles. The van der Waals surface area contributed by atoms with Crippen LogP contribution < -0.4 is 10.6 Å². The molecule has 0 radical (unpaired) electrons. The predicted octanol–water partition coefficient (Wildman–Crippen LogP) is 2.91. The summed E-state index contributed by atoms with van der Waals surface area (Å²) < 4.78 is 0. The minimum atomic E-state index is -0.0677. The molecule has 3 heteroatoms. The van der Waals surface area contributed by atoms with Gasteiger partial charge < -0.3 is 10.6 Å². The van der Waals surface area contributed by atoms with Crippen molar-refractivity contribution in [2.45, 2.75) is 59.4 Å². The lowest BCUT2D eigenvalue weighted by Gasteiger charge is -2.16. The zero-order valence-corrected chi connectivity index (χ0v) is 10.3. The Morgan fingerprint density at radius 1 is 1.14 bits per heavy atom. The van der Waals surface area contributed by atoms with Gasteiger partial charge in [0, 0.05) is 13.1 Å². The van der Waals surface area contributed by atoms with Gasteiger partial charge >= 0.3 is 6.03 Å². The summed E-state index contributed by atoms with van der Waals surface area (Å²) in [5, 5.41) is 5.48. The zero-order valence-electron chi connectivity index (χ0n) is 10.3. The third-order valence-electron chi connectivity index (χ3n) is 1.84. The van der Waals surface area contributed by atoms with Crippen LogP contribution >= 0.6 is 0 Å². The van der Waals surface area contributed by atoms with E-state index in [0.29, 0.717) is 6.04 Å². The Bertz CT molecular complexity index is 120. The van der Waals surface area contributed by atoms with Gasteiger partial charge in [-0.2, -0.15) is 0 Å². The number of carbonyl (C=O) groups is 1. The van der Waals surface area contributed by atoms with Gasteiger partial charge in [-0.05, 0) is 12.8 Å². The van der Waals surface area contributed by atoms with Gasteiger partial charge in [0.15, 0.2) is 0 Å². The maximum absolute atomic E-state index is 10.9. The minimum Gasteiger partial charge on any atom is -0.341 e. The van der Waals surface area contributed by atoms with Crippen LogP contribution in [-0.4, -0.2) is 19.1 Å². The molecule has 14 heavy (non-hydrogen) atoms. The number of hydrogen-bond donors (Lipinski definition) is 2. The largest absolute Gasteiger partial charge is 0.341 e. The van der Waals surface area contributed by atoms with Crippen molar-refractivity contribution >= 4 is 6.03 Å². The maximum Gasteiger partial charge on any atom is 0.314 e. The summed E-state index contributed by atoms with van der Waals surface area (Å²) in [6.45, 7) is 8.27. The van der Waals surface area contributed by atoms with E-state index in [1.165, 1.54) is 0 Å². The van der Waals surface area contributed by atoms with E-state index in [0.717, 1.165) is 25.7 Å². The van der Waals surface area contributed by atoms with Crippen LogP contribution in [0.3, 0.4) is 0 Å². The van der Waals surface area contributed by atoms with E-state index in [1.54, 1.807) is 7.05 Å². The SMILES string of the molecule is CC.CCCC(CCC)NC(=O)NC. The van der Waals surface area contributed by atoms with Gasteiger partial charge in [0.1, 0.15) is 0 Å². The first-order valence-electron chi connectivity index (χ1n) is 5.72. The first-order valence-corrected chi connectivity index (χ1v) is 5.72. The molecule has 0 aromatic heterocycles. The highest BCUT2D eigenvalue weighted by atomic mass is 16.2. The highest BCUT2D eigenvalue weighted by Gasteiger charge is 2.07. The molecule has 0 rings (SSSR count). The average Bonchev–Trinajstić information content (AvgIpc) is 2.21. The number of nitrogens with one attached hydrogen (secondary N) is 2. The molecule has 0 heterocycles. The second-order valence-electron chi connectivity index (χ2n) is 3.00. The van der Waals surface area contributed by atoms with Crippen molar-refractivity contribution in [3.8, 4) is 0 Å². The van der Waals surface area contributed by atoms with Crippen LogP contribution in [0.1, 0.15) is 53.4 Å². The van der Waals surface area contributed by atoms with Crippen molar-refractivity contribution in [2.24, 2.45) is 0 Å². The second kappa shape index (κ2) is 12.3. The summed E-state index contributed by atoms with van der Waals surface area (Å²) in [6, 6.07) is 0.279. The summed E-state index contributed by atoms with van der Waals surface area (Å²) in [4.78, 5) is 10.9. The first-order chi connectivity index (χ1) is 6.74. The molecule has 0 spiro atoms. The Balaban J connectivity index is 0. The van der Waals surface area contributed by atoms with E-state index in [1.807, 2.05) is 13.8 Å². The van der Waals surface area contributed by atoms with Gasteiger partial charge in [0.2, 0.25) is 0 Å². The van der Waals surface area contributed by atoms with Crippen LogP contribution in [0.25, 0.3) is 0 Å². The monoisotopic (exact) mass is 202 g/mol. The lowest BCUT2D eigenvalue weighted by atomic mass is 10.1. The van der Waals surface area contributed by atoms with Gasteiger partial charge in [-0.3, -0.25) is 0 Å². The highest BCUT2D eigenvalue weighted by molar-refractivity contribution is 5.73. The molecule has 86 valence electrons. The quantitative estimate of drug-likeness (QED) is 0.707. The summed E-state index contributed by atoms with van der Waals surface area (Å²) in [5.74, 6) is 0. The van der Waals surface area contributed by atoms with Gasteiger partial charge in [0.05, 0.1) is 0 Å². The van der Waals surface area contributed by atoms with Gasteiger partial charge in [-0.15, -0.1) is 0 Å². The first kappa shape index (κ1) is 15.7. The van der Waals surface area contributed by atoms with Crippen LogP contribution in [0.5, 0.6) is 0 Å². The molecule has 0 aliphatic carbocycles. The number of carbonyl (C=O) groups excluding carboxylic acids is 1. The maximum atomic E-state index is 10.9. The summed E-state index contributed by atoms with van der Waals surface area (Å²) in [6.07, 6.45) is 4.38. The van der Waals surface area contributed by atoms with Gasteiger partial charge in [-0.25, -0.2) is 4.79 Å². The molecule has 0 aliphatic heterocycles. The van der Waals surface area contributed by atoms with Crippen LogP contribution in [0.2, 0.25) is 0 Å². The zero-order chi connectivity index (χ0) is 11.4. The molecule has 0 atom stereocenters.